The first kappa shape index (κ1) is 23.7. The minimum Gasteiger partial charge on any atom is -0.383 e. The molecular formula is C28H30FN5O3. The van der Waals surface area contributed by atoms with E-state index >= 15 is 0 Å². The molecule has 4 heterocycles. The Labute approximate surface area is 213 Å². The molecule has 2 fully saturated rings. The Kier molecular flexibility index (Phi) is 6.16. The number of rotatable bonds is 5. The van der Waals surface area contributed by atoms with Gasteiger partial charge < -0.3 is 19.9 Å². The Morgan fingerprint density at radius 2 is 2.03 bits per heavy atom. The number of anilines is 1. The van der Waals surface area contributed by atoms with E-state index in [1.807, 2.05) is 28.4 Å². The number of imidazole rings is 1. The molecule has 2 saturated heterocycles. The zero-order valence-electron chi connectivity index (χ0n) is 20.8. The summed E-state index contributed by atoms with van der Waals surface area (Å²) in [7, 11) is 0. The summed E-state index contributed by atoms with van der Waals surface area (Å²) in [5, 5.41) is 3.27. The molecule has 0 saturated carbocycles. The molecule has 0 unspecified atom stereocenters. The molecule has 0 radical (unpaired) electrons. The van der Waals surface area contributed by atoms with Crippen molar-refractivity contribution >= 4 is 28.1 Å². The molecule has 6 rings (SSSR count). The van der Waals surface area contributed by atoms with Crippen molar-refractivity contribution < 1.29 is 13.9 Å². The van der Waals surface area contributed by atoms with Crippen LogP contribution in [0.25, 0.3) is 16.6 Å². The van der Waals surface area contributed by atoms with E-state index < -0.39 is 0 Å². The van der Waals surface area contributed by atoms with E-state index in [0.717, 1.165) is 42.6 Å². The average molecular weight is 504 g/mol. The lowest BCUT2D eigenvalue weighted by molar-refractivity contribution is 0.0743. The summed E-state index contributed by atoms with van der Waals surface area (Å²) in [5.41, 5.74) is 3.87. The number of hydrogen-bond donors (Lipinski definition) is 2. The molecule has 8 nitrogen and oxygen atoms in total. The van der Waals surface area contributed by atoms with Crippen LogP contribution in [0.1, 0.15) is 53.3 Å². The summed E-state index contributed by atoms with van der Waals surface area (Å²) in [6.07, 6.45) is 5.15. The molecule has 1 atom stereocenters. The smallest absolute Gasteiger partial charge is 0.274 e. The van der Waals surface area contributed by atoms with Crippen LogP contribution in [-0.4, -0.2) is 57.5 Å². The Balaban J connectivity index is 1.32. The number of benzene rings is 2. The summed E-state index contributed by atoms with van der Waals surface area (Å²) in [6, 6.07) is 10.1. The molecule has 9 heteroatoms. The number of nitrogens with zero attached hydrogens (tertiary/aromatic N) is 3. The average Bonchev–Trinajstić information content (AvgIpc) is 3.56. The maximum absolute atomic E-state index is 13.7. The van der Waals surface area contributed by atoms with E-state index in [1.54, 1.807) is 18.3 Å². The van der Waals surface area contributed by atoms with E-state index in [2.05, 4.69) is 15.3 Å². The number of hydrogen-bond acceptors (Lipinski definition) is 5. The van der Waals surface area contributed by atoms with Crippen molar-refractivity contribution in [1.82, 2.24) is 19.3 Å². The quantitative estimate of drug-likeness (QED) is 0.425. The lowest BCUT2D eigenvalue weighted by Crippen LogP contribution is -2.39. The highest BCUT2D eigenvalue weighted by molar-refractivity contribution is 5.99. The van der Waals surface area contributed by atoms with E-state index in [0.29, 0.717) is 48.6 Å². The molecule has 2 aliphatic heterocycles. The zero-order chi connectivity index (χ0) is 25.5. The highest BCUT2D eigenvalue weighted by Crippen LogP contribution is 2.30. The first-order chi connectivity index (χ1) is 18.0. The fourth-order valence-corrected chi connectivity index (χ4v) is 5.72. The maximum atomic E-state index is 13.7. The van der Waals surface area contributed by atoms with Gasteiger partial charge in [-0.05, 0) is 68.5 Å². The van der Waals surface area contributed by atoms with Gasteiger partial charge in [0.2, 0.25) is 0 Å². The third kappa shape index (κ3) is 4.37. The van der Waals surface area contributed by atoms with Gasteiger partial charge in [0.1, 0.15) is 17.2 Å². The molecule has 1 amide bonds. The minimum atomic E-state index is -0.294. The fraction of sp³-hybridized carbons (Fsp3) is 0.393. The number of halogens is 1. The predicted molar refractivity (Wildman–Crippen MR) is 140 cm³/mol. The topological polar surface area (TPSA) is 91.7 Å². The molecule has 192 valence electrons. The lowest BCUT2D eigenvalue weighted by Gasteiger charge is -2.26. The molecular weight excluding hydrogens is 473 g/mol. The number of carbonyl (C=O) groups is 1. The van der Waals surface area contributed by atoms with Crippen LogP contribution < -0.4 is 10.9 Å². The third-order valence-corrected chi connectivity index (χ3v) is 7.67. The van der Waals surface area contributed by atoms with Gasteiger partial charge in [-0.1, -0.05) is 6.07 Å². The molecule has 2 aliphatic rings. The van der Waals surface area contributed by atoms with Gasteiger partial charge >= 0.3 is 0 Å². The van der Waals surface area contributed by atoms with Crippen molar-refractivity contribution in [3.63, 3.8) is 0 Å². The van der Waals surface area contributed by atoms with Gasteiger partial charge in [-0.2, -0.15) is 0 Å². The van der Waals surface area contributed by atoms with Crippen molar-refractivity contribution in [3.05, 3.63) is 75.7 Å². The molecule has 2 aromatic carbocycles. The molecule has 2 N–H and O–H groups in total. The summed E-state index contributed by atoms with van der Waals surface area (Å²) in [6.45, 7) is 4.51. The Morgan fingerprint density at radius 3 is 2.84 bits per heavy atom. The van der Waals surface area contributed by atoms with Gasteiger partial charge in [0.25, 0.3) is 11.5 Å². The first-order valence-corrected chi connectivity index (χ1v) is 12.9. The predicted octanol–water partition coefficient (Wildman–Crippen LogP) is 4.23. The van der Waals surface area contributed by atoms with Gasteiger partial charge in [-0.25, -0.2) is 9.37 Å². The Hall–Kier alpha value is -3.72. The molecule has 2 aromatic heterocycles. The Morgan fingerprint density at radius 1 is 1.19 bits per heavy atom. The summed E-state index contributed by atoms with van der Waals surface area (Å²) in [4.78, 5) is 36.1. The minimum absolute atomic E-state index is 0.00108. The second-order valence-corrected chi connectivity index (χ2v) is 10.0. The Bertz CT molecular complexity index is 1540. The second kappa shape index (κ2) is 9.63. The van der Waals surface area contributed by atoms with Gasteiger partial charge in [-0.3, -0.25) is 14.0 Å². The van der Waals surface area contributed by atoms with Gasteiger partial charge in [-0.15, -0.1) is 0 Å². The summed E-state index contributed by atoms with van der Waals surface area (Å²) in [5.74, 6) is 0.742. The van der Waals surface area contributed by atoms with Crippen molar-refractivity contribution in [2.75, 3.05) is 31.6 Å². The van der Waals surface area contributed by atoms with Gasteiger partial charge in [0.15, 0.2) is 0 Å². The van der Waals surface area contributed by atoms with Gasteiger partial charge in [0, 0.05) is 49.5 Å². The number of nitrogens with one attached hydrogen (secondary N) is 2. The number of likely N-dealkylation sites (tertiary alicyclic amines) is 1. The largest absolute Gasteiger partial charge is 0.383 e. The monoisotopic (exact) mass is 503 g/mol. The normalized spacial score (nSPS) is 18.6. The number of aromatic nitrogens is 3. The molecule has 37 heavy (non-hydrogen) atoms. The lowest BCUT2D eigenvalue weighted by atomic mass is 9.99. The SMILES string of the molecule is Cc1cc2c(cc1C(=O)N1CCC[C@H]1CNc1cccc(F)c1)[nH]c(=O)c1cnc(C3CCOCC3)n12. The summed E-state index contributed by atoms with van der Waals surface area (Å²) >= 11 is 0. The van der Waals surface area contributed by atoms with E-state index in [1.165, 1.54) is 12.1 Å². The summed E-state index contributed by atoms with van der Waals surface area (Å²) < 4.78 is 21.0. The third-order valence-electron chi connectivity index (χ3n) is 7.67. The van der Waals surface area contributed by atoms with Crippen LogP contribution in [0.3, 0.4) is 0 Å². The zero-order valence-corrected chi connectivity index (χ0v) is 20.8. The molecule has 0 aliphatic carbocycles. The number of carbonyl (C=O) groups excluding carboxylic acids is 1. The number of H-pyrrole nitrogens is 1. The second-order valence-electron chi connectivity index (χ2n) is 10.0. The van der Waals surface area contributed by atoms with Crippen LogP contribution >= 0.6 is 0 Å². The van der Waals surface area contributed by atoms with Gasteiger partial charge in [0.05, 0.1) is 17.2 Å². The number of aromatic amines is 1. The van der Waals surface area contributed by atoms with Crippen molar-refractivity contribution in [2.24, 2.45) is 0 Å². The van der Waals surface area contributed by atoms with E-state index in [4.69, 9.17) is 4.74 Å². The number of ether oxygens (including phenoxy) is 1. The molecule has 0 spiro atoms. The first-order valence-electron chi connectivity index (χ1n) is 12.9. The van der Waals surface area contributed by atoms with Crippen LogP contribution in [0.5, 0.6) is 0 Å². The van der Waals surface area contributed by atoms with Crippen molar-refractivity contribution in [2.45, 2.75) is 44.6 Å². The van der Waals surface area contributed by atoms with Crippen molar-refractivity contribution in [1.29, 1.82) is 0 Å². The van der Waals surface area contributed by atoms with Crippen LogP contribution in [0.2, 0.25) is 0 Å². The van der Waals surface area contributed by atoms with Crippen LogP contribution in [-0.2, 0) is 4.74 Å². The van der Waals surface area contributed by atoms with Crippen molar-refractivity contribution in [3.8, 4) is 0 Å². The van der Waals surface area contributed by atoms with Crippen LogP contribution in [0.4, 0.5) is 10.1 Å². The maximum Gasteiger partial charge on any atom is 0.274 e. The molecule has 4 aromatic rings. The van der Waals surface area contributed by atoms with Crippen LogP contribution in [0.15, 0.2) is 47.4 Å². The molecule has 0 bridgehead atoms. The number of amides is 1. The number of aryl methyl sites for hydroxylation is 1. The van der Waals surface area contributed by atoms with E-state index in [-0.39, 0.29) is 29.2 Å². The fourth-order valence-electron chi connectivity index (χ4n) is 5.72. The highest BCUT2D eigenvalue weighted by atomic mass is 19.1. The standard InChI is InChI=1S/C28H30FN5O3/c1-17-12-24-23(32-27(35)25-16-31-26(34(24)25)18-7-10-37-11-8-18)14-22(17)28(36)33-9-3-6-21(33)15-30-20-5-2-4-19(29)13-20/h2,4-5,12-14,16,18,21,30H,3,6-11,15H2,1H3,(H,32,35)/t21-/m0/s1. The van der Waals surface area contributed by atoms with E-state index in [9.17, 15) is 14.0 Å². The highest BCUT2D eigenvalue weighted by Gasteiger charge is 2.31. The number of fused-ring (bicyclic) bond motifs is 3. The van der Waals surface area contributed by atoms with Crippen LogP contribution in [0, 0.1) is 12.7 Å².